The number of hydrogen-bond acceptors (Lipinski definition) is 3. The zero-order valence-electron chi connectivity index (χ0n) is 12.8. The summed E-state index contributed by atoms with van der Waals surface area (Å²) in [5.74, 6) is -2.75. The first-order valence-electron chi connectivity index (χ1n) is 7.25. The van der Waals surface area contributed by atoms with Crippen LogP contribution in [0.15, 0.2) is 60.7 Å². The highest BCUT2D eigenvalue weighted by Gasteiger charge is 2.49. The van der Waals surface area contributed by atoms with Crippen molar-refractivity contribution in [1.82, 2.24) is 5.32 Å². The number of rotatable bonds is 7. The third-order valence-electron chi connectivity index (χ3n) is 3.95. The van der Waals surface area contributed by atoms with Gasteiger partial charge in [0.1, 0.15) is 0 Å². The van der Waals surface area contributed by atoms with E-state index in [9.17, 15) is 19.8 Å². The van der Waals surface area contributed by atoms with Crippen LogP contribution in [0, 0.1) is 5.41 Å². The maximum Gasteiger partial charge on any atom is 0.322 e. The van der Waals surface area contributed by atoms with E-state index in [1.165, 1.54) is 6.92 Å². The molecule has 3 N–H and O–H groups in total. The van der Waals surface area contributed by atoms with Crippen LogP contribution in [-0.4, -0.2) is 22.2 Å². The SMILES string of the molecule is CC(C(=O)O)(C(=O)O)C(NCc1ccccc1)c1ccccc1. The Balaban J connectivity index is 2.36. The second-order valence-electron chi connectivity index (χ2n) is 5.52. The first kappa shape index (κ1) is 16.7. The molecule has 0 spiro atoms. The standard InChI is InChI=1S/C18H19NO4/c1-18(16(20)21,17(22)23)15(14-10-6-3-7-11-14)19-12-13-8-4-2-5-9-13/h2-11,15,19H,12H2,1H3,(H,20,21)(H,22,23). The van der Waals surface area contributed by atoms with Crippen LogP contribution >= 0.6 is 0 Å². The molecule has 1 atom stereocenters. The van der Waals surface area contributed by atoms with E-state index in [1.807, 2.05) is 30.3 Å². The van der Waals surface area contributed by atoms with Crippen molar-refractivity contribution in [2.45, 2.75) is 19.5 Å². The predicted molar refractivity (Wildman–Crippen MR) is 85.8 cm³/mol. The summed E-state index contributed by atoms with van der Waals surface area (Å²) in [6, 6.07) is 17.4. The van der Waals surface area contributed by atoms with E-state index in [0.717, 1.165) is 5.56 Å². The Labute approximate surface area is 134 Å². The number of aliphatic carboxylic acids is 2. The molecular formula is C18H19NO4. The first-order valence-corrected chi connectivity index (χ1v) is 7.25. The molecule has 2 aromatic rings. The van der Waals surface area contributed by atoms with Crippen molar-refractivity contribution in [3.63, 3.8) is 0 Å². The van der Waals surface area contributed by atoms with Gasteiger partial charge < -0.3 is 15.5 Å². The molecule has 0 bridgehead atoms. The van der Waals surface area contributed by atoms with Gasteiger partial charge >= 0.3 is 11.9 Å². The van der Waals surface area contributed by atoms with Crippen molar-refractivity contribution in [2.24, 2.45) is 5.41 Å². The highest BCUT2D eigenvalue weighted by atomic mass is 16.4. The molecule has 5 heteroatoms. The van der Waals surface area contributed by atoms with Gasteiger partial charge in [-0.05, 0) is 18.1 Å². The highest BCUT2D eigenvalue weighted by Crippen LogP contribution is 2.35. The minimum absolute atomic E-state index is 0.372. The Morgan fingerprint density at radius 3 is 1.91 bits per heavy atom. The van der Waals surface area contributed by atoms with E-state index in [0.29, 0.717) is 12.1 Å². The molecule has 23 heavy (non-hydrogen) atoms. The molecule has 0 saturated heterocycles. The van der Waals surface area contributed by atoms with Crippen molar-refractivity contribution in [1.29, 1.82) is 0 Å². The number of carboxylic acid groups (broad SMARTS) is 2. The third-order valence-corrected chi connectivity index (χ3v) is 3.95. The quantitative estimate of drug-likeness (QED) is 0.684. The van der Waals surface area contributed by atoms with Crippen molar-refractivity contribution < 1.29 is 19.8 Å². The van der Waals surface area contributed by atoms with Crippen molar-refractivity contribution in [3.05, 3.63) is 71.8 Å². The Kier molecular flexibility index (Phi) is 5.13. The summed E-state index contributed by atoms with van der Waals surface area (Å²) >= 11 is 0. The number of hydrogen-bond donors (Lipinski definition) is 3. The zero-order chi connectivity index (χ0) is 16.9. The Morgan fingerprint density at radius 2 is 1.43 bits per heavy atom. The van der Waals surface area contributed by atoms with Gasteiger partial charge in [0.05, 0.1) is 6.04 Å². The van der Waals surface area contributed by atoms with Crippen molar-refractivity contribution in [3.8, 4) is 0 Å². The van der Waals surface area contributed by atoms with Gasteiger partial charge in [0.15, 0.2) is 5.41 Å². The Morgan fingerprint density at radius 1 is 0.957 bits per heavy atom. The van der Waals surface area contributed by atoms with Crippen LogP contribution in [0.1, 0.15) is 24.1 Å². The van der Waals surface area contributed by atoms with Gasteiger partial charge in [-0.15, -0.1) is 0 Å². The molecule has 0 amide bonds. The maximum atomic E-state index is 11.7. The summed E-state index contributed by atoms with van der Waals surface area (Å²) in [6.07, 6.45) is 0. The largest absolute Gasteiger partial charge is 0.480 e. The molecular weight excluding hydrogens is 294 g/mol. The van der Waals surface area contributed by atoms with Gasteiger partial charge in [0.2, 0.25) is 0 Å². The number of nitrogens with one attached hydrogen (secondary N) is 1. The second-order valence-corrected chi connectivity index (χ2v) is 5.52. The van der Waals surface area contributed by atoms with Crippen LogP contribution in [0.25, 0.3) is 0 Å². The third kappa shape index (κ3) is 3.57. The zero-order valence-corrected chi connectivity index (χ0v) is 12.8. The van der Waals surface area contributed by atoms with E-state index in [-0.39, 0.29) is 0 Å². The average Bonchev–Trinajstić information content (AvgIpc) is 2.56. The summed E-state index contributed by atoms with van der Waals surface area (Å²) in [7, 11) is 0. The minimum atomic E-state index is -1.98. The van der Waals surface area contributed by atoms with E-state index >= 15 is 0 Å². The Bertz CT molecular complexity index is 656. The molecule has 0 fully saturated rings. The number of carboxylic acids is 2. The lowest BCUT2D eigenvalue weighted by Gasteiger charge is -2.31. The summed E-state index contributed by atoms with van der Waals surface area (Å²) in [6.45, 7) is 1.60. The summed E-state index contributed by atoms with van der Waals surface area (Å²) in [5.41, 5.74) is -0.404. The lowest BCUT2D eigenvalue weighted by atomic mass is 9.78. The molecule has 0 saturated carbocycles. The van der Waals surface area contributed by atoms with Gasteiger partial charge in [0, 0.05) is 6.54 Å². The van der Waals surface area contributed by atoms with Crippen molar-refractivity contribution in [2.75, 3.05) is 0 Å². The van der Waals surface area contributed by atoms with E-state index in [1.54, 1.807) is 30.3 Å². The van der Waals surface area contributed by atoms with Gasteiger partial charge in [-0.2, -0.15) is 0 Å². The summed E-state index contributed by atoms with van der Waals surface area (Å²) in [5, 5.41) is 22.1. The van der Waals surface area contributed by atoms with Gasteiger partial charge in [-0.1, -0.05) is 60.7 Å². The van der Waals surface area contributed by atoms with E-state index in [4.69, 9.17) is 0 Å². The van der Waals surface area contributed by atoms with Crippen LogP contribution in [0.5, 0.6) is 0 Å². The molecule has 0 radical (unpaired) electrons. The smallest absolute Gasteiger partial charge is 0.322 e. The fraction of sp³-hybridized carbons (Fsp3) is 0.222. The normalized spacial score (nSPS) is 12.6. The lowest BCUT2D eigenvalue weighted by molar-refractivity contribution is -0.166. The molecule has 0 aliphatic carbocycles. The lowest BCUT2D eigenvalue weighted by Crippen LogP contribution is -2.47. The highest BCUT2D eigenvalue weighted by molar-refractivity contribution is 5.98. The molecule has 0 aromatic heterocycles. The van der Waals surface area contributed by atoms with Crippen LogP contribution in [-0.2, 0) is 16.1 Å². The van der Waals surface area contributed by atoms with Gasteiger partial charge in [-0.25, -0.2) is 0 Å². The van der Waals surface area contributed by atoms with Gasteiger partial charge in [0.25, 0.3) is 0 Å². The first-order chi connectivity index (χ1) is 11.0. The van der Waals surface area contributed by atoms with Crippen LogP contribution in [0.2, 0.25) is 0 Å². The summed E-state index contributed by atoms with van der Waals surface area (Å²) in [4.78, 5) is 23.3. The minimum Gasteiger partial charge on any atom is -0.480 e. The number of benzene rings is 2. The maximum absolute atomic E-state index is 11.7. The molecule has 120 valence electrons. The van der Waals surface area contributed by atoms with Crippen LogP contribution in [0.3, 0.4) is 0 Å². The fourth-order valence-electron chi connectivity index (χ4n) is 2.45. The van der Waals surface area contributed by atoms with Crippen molar-refractivity contribution >= 4 is 11.9 Å². The van der Waals surface area contributed by atoms with Gasteiger partial charge in [-0.3, -0.25) is 9.59 Å². The Hall–Kier alpha value is -2.66. The molecule has 5 nitrogen and oxygen atoms in total. The topological polar surface area (TPSA) is 86.6 Å². The van der Waals surface area contributed by atoms with Crippen LogP contribution in [0.4, 0.5) is 0 Å². The molecule has 2 rings (SSSR count). The molecule has 0 aliphatic rings. The summed E-state index contributed by atoms with van der Waals surface area (Å²) < 4.78 is 0. The second kappa shape index (κ2) is 7.07. The molecule has 0 aliphatic heterocycles. The monoisotopic (exact) mass is 313 g/mol. The molecule has 1 unspecified atom stereocenters. The van der Waals surface area contributed by atoms with Crippen LogP contribution < -0.4 is 5.32 Å². The molecule has 2 aromatic carbocycles. The van der Waals surface area contributed by atoms with E-state index in [2.05, 4.69) is 5.32 Å². The average molecular weight is 313 g/mol. The predicted octanol–water partition coefficient (Wildman–Crippen LogP) is 2.69. The number of carbonyl (C=O) groups is 2. The molecule has 0 heterocycles. The van der Waals surface area contributed by atoms with E-state index < -0.39 is 23.4 Å². The fourth-order valence-corrected chi connectivity index (χ4v) is 2.45.